The van der Waals surface area contributed by atoms with Crippen molar-refractivity contribution < 1.29 is 14.3 Å². The molecule has 1 saturated heterocycles. The number of cyclic esters (lactones) is 1. The fraction of sp³-hybridized carbons (Fsp3) is 0.417. The van der Waals surface area contributed by atoms with E-state index in [1.54, 1.807) is 6.92 Å². The molecule has 0 spiro atoms. The number of aryl methyl sites for hydroxylation is 1. The van der Waals surface area contributed by atoms with Crippen LogP contribution in [0.3, 0.4) is 0 Å². The molecule has 80 valence electrons. The Balaban J connectivity index is 1.82. The lowest BCUT2D eigenvalue weighted by molar-refractivity contribution is -0.143. The number of carbonyl (C=O) groups excluding carboxylic acids is 1. The quantitative estimate of drug-likeness (QED) is 0.709. The Morgan fingerprint density at radius 1 is 1.27 bits per heavy atom. The Hall–Kier alpha value is -1.35. The molecule has 1 fully saturated rings. The zero-order chi connectivity index (χ0) is 10.7. The average Bonchev–Trinajstić information content (AvgIpc) is 2.57. The Morgan fingerprint density at radius 2 is 2.00 bits per heavy atom. The van der Waals surface area contributed by atoms with Crippen LogP contribution in [0.4, 0.5) is 0 Å². The molecule has 3 heteroatoms. The highest BCUT2D eigenvalue weighted by atomic mass is 16.7. The van der Waals surface area contributed by atoms with E-state index >= 15 is 0 Å². The van der Waals surface area contributed by atoms with E-state index in [1.165, 1.54) is 5.56 Å². The van der Waals surface area contributed by atoms with E-state index in [0.29, 0.717) is 0 Å². The van der Waals surface area contributed by atoms with Crippen molar-refractivity contribution in [3.05, 3.63) is 35.9 Å². The molecule has 0 radical (unpaired) electrons. The monoisotopic (exact) mass is 206 g/mol. The summed E-state index contributed by atoms with van der Waals surface area (Å²) < 4.78 is 10.4. The van der Waals surface area contributed by atoms with Crippen molar-refractivity contribution in [3.8, 4) is 0 Å². The molecule has 1 aromatic carbocycles. The van der Waals surface area contributed by atoms with Crippen LogP contribution in [0.5, 0.6) is 0 Å². The van der Waals surface area contributed by atoms with Crippen molar-refractivity contribution in [1.82, 2.24) is 0 Å². The van der Waals surface area contributed by atoms with Gasteiger partial charge in [-0.3, -0.25) is 0 Å². The first-order chi connectivity index (χ1) is 7.25. The molecule has 1 aliphatic rings. The van der Waals surface area contributed by atoms with Gasteiger partial charge in [0.05, 0.1) is 0 Å². The van der Waals surface area contributed by atoms with E-state index in [0.717, 1.165) is 12.8 Å². The van der Waals surface area contributed by atoms with Crippen LogP contribution in [-0.4, -0.2) is 18.4 Å². The first kappa shape index (κ1) is 10.2. The van der Waals surface area contributed by atoms with Gasteiger partial charge >= 0.3 is 5.97 Å². The van der Waals surface area contributed by atoms with Crippen molar-refractivity contribution in [2.45, 2.75) is 32.2 Å². The topological polar surface area (TPSA) is 35.5 Å². The predicted octanol–water partition coefficient (Wildman–Crippen LogP) is 1.91. The maximum absolute atomic E-state index is 11.0. The van der Waals surface area contributed by atoms with Crippen LogP contribution < -0.4 is 0 Å². The standard InChI is InChI=1S/C12H14O3/c1-9-12(13)15-11(14-9)8-7-10-5-3-2-4-6-10/h2-6,9,11H,7-8H2,1H3. The molecule has 3 nitrogen and oxygen atoms in total. The summed E-state index contributed by atoms with van der Waals surface area (Å²) in [5.74, 6) is -0.256. The van der Waals surface area contributed by atoms with Crippen LogP contribution in [0.1, 0.15) is 18.9 Å². The van der Waals surface area contributed by atoms with Crippen molar-refractivity contribution in [2.24, 2.45) is 0 Å². The SMILES string of the molecule is CC1OC(CCc2ccccc2)OC1=O. The van der Waals surface area contributed by atoms with Crippen LogP contribution >= 0.6 is 0 Å². The van der Waals surface area contributed by atoms with Gasteiger partial charge in [-0.1, -0.05) is 30.3 Å². The third-order valence-corrected chi connectivity index (χ3v) is 2.45. The maximum atomic E-state index is 11.0. The van der Waals surface area contributed by atoms with Gasteiger partial charge in [-0.05, 0) is 18.9 Å². The highest BCUT2D eigenvalue weighted by molar-refractivity contribution is 5.75. The van der Waals surface area contributed by atoms with Crippen LogP contribution in [0.2, 0.25) is 0 Å². The Morgan fingerprint density at radius 3 is 2.60 bits per heavy atom. The fourth-order valence-electron chi connectivity index (χ4n) is 1.59. The van der Waals surface area contributed by atoms with Gasteiger partial charge in [0, 0.05) is 6.42 Å². The van der Waals surface area contributed by atoms with Crippen LogP contribution in [0, 0.1) is 0 Å². The summed E-state index contributed by atoms with van der Waals surface area (Å²) in [6.07, 6.45) is 0.810. The molecule has 0 saturated carbocycles. The van der Waals surface area contributed by atoms with Gasteiger partial charge in [-0.2, -0.15) is 0 Å². The minimum atomic E-state index is -0.411. The van der Waals surface area contributed by atoms with Crippen molar-refractivity contribution in [3.63, 3.8) is 0 Å². The van der Waals surface area contributed by atoms with Crippen molar-refractivity contribution in [1.29, 1.82) is 0 Å². The lowest BCUT2D eigenvalue weighted by atomic mass is 10.1. The van der Waals surface area contributed by atoms with Crippen LogP contribution in [0.25, 0.3) is 0 Å². The lowest BCUT2D eigenvalue weighted by Gasteiger charge is -2.08. The van der Waals surface area contributed by atoms with Gasteiger partial charge in [0.1, 0.15) is 0 Å². The van der Waals surface area contributed by atoms with Gasteiger partial charge in [0.15, 0.2) is 6.10 Å². The van der Waals surface area contributed by atoms with Gasteiger partial charge in [-0.25, -0.2) is 4.79 Å². The molecule has 0 aliphatic carbocycles. The summed E-state index contributed by atoms with van der Waals surface area (Å²) >= 11 is 0. The number of ether oxygens (including phenoxy) is 2. The Bertz CT molecular complexity index is 334. The molecule has 15 heavy (non-hydrogen) atoms. The molecule has 2 atom stereocenters. The molecule has 0 N–H and O–H groups in total. The summed E-state index contributed by atoms with van der Waals surface area (Å²) in [6.45, 7) is 1.71. The van der Waals surface area contributed by atoms with E-state index in [1.807, 2.05) is 18.2 Å². The predicted molar refractivity (Wildman–Crippen MR) is 55.2 cm³/mol. The third-order valence-electron chi connectivity index (χ3n) is 2.45. The molecule has 0 aromatic heterocycles. The molecule has 1 heterocycles. The number of rotatable bonds is 3. The van der Waals surface area contributed by atoms with Gasteiger partial charge < -0.3 is 9.47 Å². The average molecular weight is 206 g/mol. The van der Waals surface area contributed by atoms with E-state index in [9.17, 15) is 4.79 Å². The first-order valence-corrected chi connectivity index (χ1v) is 5.15. The van der Waals surface area contributed by atoms with Crippen molar-refractivity contribution >= 4 is 5.97 Å². The Kier molecular flexibility index (Phi) is 3.02. The number of esters is 1. The van der Waals surface area contributed by atoms with Crippen LogP contribution in [-0.2, 0) is 20.7 Å². The summed E-state index contributed by atoms with van der Waals surface area (Å²) in [5, 5.41) is 0. The molecule has 0 bridgehead atoms. The normalized spacial score (nSPS) is 25.3. The number of hydrogen-bond acceptors (Lipinski definition) is 3. The Labute approximate surface area is 89.0 Å². The minimum Gasteiger partial charge on any atom is -0.434 e. The summed E-state index contributed by atoms with van der Waals surface area (Å²) in [7, 11) is 0. The number of hydrogen-bond donors (Lipinski definition) is 0. The zero-order valence-electron chi connectivity index (χ0n) is 8.68. The fourth-order valence-corrected chi connectivity index (χ4v) is 1.59. The van der Waals surface area contributed by atoms with E-state index in [4.69, 9.17) is 9.47 Å². The zero-order valence-corrected chi connectivity index (χ0v) is 8.68. The van der Waals surface area contributed by atoms with Gasteiger partial charge in [0.25, 0.3) is 0 Å². The van der Waals surface area contributed by atoms with E-state index in [-0.39, 0.29) is 12.3 Å². The molecule has 2 rings (SSSR count). The molecule has 1 aromatic rings. The minimum absolute atomic E-state index is 0.256. The van der Waals surface area contributed by atoms with Crippen molar-refractivity contribution in [2.75, 3.05) is 0 Å². The second-order valence-corrected chi connectivity index (χ2v) is 3.67. The largest absolute Gasteiger partial charge is 0.434 e. The lowest BCUT2D eigenvalue weighted by Crippen LogP contribution is -2.10. The molecular formula is C12H14O3. The molecular weight excluding hydrogens is 192 g/mol. The third kappa shape index (κ3) is 2.57. The smallest absolute Gasteiger partial charge is 0.337 e. The second-order valence-electron chi connectivity index (χ2n) is 3.67. The first-order valence-electron chi connectivity index (χ1n) is 5.15. The molecule has 1 aliphatic heterocycles. The number of benzene rings is 1. The highest BCUT2D eigenvalue weighted by Crippen LogP contribution is 2.17. The summed E-state index contributed by atoms with van der Waals surface area (Å²) in [5.41, 5.74) is 1.23. The van der Waals surface area contributed by atoms with Gasteiger partial charge in [-0.15, -0.1) is 0 Å². The number of carbonyl (C=O) groups is 1. The molecule has 2 unspecified atom stereocenters. The van der Waals surface area contributed by atoms with E-state index < -0.39 is 6.10 Å². The summed E-state index contributed by atoms with van der Waals surface area (Å²) in [6, 6.07) is 10.1. The van der Waals surface area contributed by atoms with Gasteiger partial charge in [0.2, 0.25) is 6.29 Å². The second kappa shape index (κ2) is 4.45. The van der Waals surface area contributed by atoms with Crippen LogP contribution in [0.15, 0.2) is 30.3 Å². The highest BCUT2D eigenvalue weighted by Gasteiger charge is 2.30. The molecule has 0 amide bonds. The summed E-state index contributed by atoms with van der Waals surface area (Å²) in [4.78, 5) is 11.0. The van der Waals surface area contributed by atoms with E-state index in [2.05, 4.69) is 12.1 Å². The maximum Gasteiger partial charge on any atom is 0.337 e.